The van der Waals surface area contributed by atoms with Crippen LogP contribution in [0.25, 0.3) is 0 Å². The Kier molecular flexibility index (Phi) is 7.66. The van der Waals surface area contributed by atoms with Gasteiger partial charge in [-0.25, -0.2) is 0 Å². The monoisotopic (exact) mass is 526 g/mol. The molecule has 2 aliphatic heterocycles. The zero-order valence-corrected chi connectivity index (χ0v) is 20.6. The Morgan fingerprint density at radius 2 is 2.07 bits per heavy atom. The Hall–Kier alpha value is -1.35. The number of guanidine groups is 1. The third-order valence-corrected chi connectivity index (χ3v) is 6.98. The number of halogens is 1. The van der Waals surface area contributed by atoms with Crippen molar-refractivity contribution in [2.75, 3.05) is 33.3 Å². The summed E-state index contributed by atoms with van der Waals surface area (Å²) in [4.78, 5) is 18.8. The highest BCUT2D eigenvalue weighted by Crippen LogP contribution is 2.52. The molecule has 1 saturated carbocycles. The van der Waals surface area contributed by atoms with Gasteiger partial charge in [0, 0.05) is 63.0 Å². The number of benzene rings is 1. The summed E-state index contributed by atoms with van der Waals surface area (Å²) in [5.74, 6) is 2.00. The van der Waals surface area contributed by atoms with E-state index in [1.54, 1.807) is 0 Å². The molecule has 6 nitrogen and oxygen atoms in total. The summed E-state index contributed by atoms with van der Waals surface area (Å²) in [6.45, 7) is 7.79. The minimum atomic E-state index is 0. The van der Waals surface area contributed by atoms with Gasteiger partial charge in [0.15, 0.2) is 5.96 Å². The van der Waals surface area contributed by atoms with E-state index in [2.05, 4.69) is 53.7 Å². The average Bonchev–Trinajstić information content (AvgIpc) is 3.32. The zero-order chi connectivity index (χ0) is 20.4. The standard InChI is InChI=1S/C23H34N4O2.HI/c1-23(2)20(18-10-12-29-21(18)23)26-22(24-3)25-14-17-13-19(28)27(15-17)11-9-16-7-5-4-6-8-16;/h4-8,17-18,20-21H,9-15H2,1-3H3,(H2,24,25,26);1H. The molecule has 3 fully saturated rings. The summed E-state index contributed by atoms with van der Waals surface area (Å²) in [7, 11) is 1.82. The highest BCUT2D eigenvalue weighted by Gasteiger charge is 2.59. The predicted molar refractivity (Wildman–Crippen MR) is 130 cm³/mol. The summed E-state index contributed by atoms with van der Waals surface area (Å²) < 4.78 is 5.89. The molecule has 0 bridgehead atoms. The number of likely N-dealkylation sites (tertiary alicyclic amines) is 1. The molecule has 4 rings (SSSR count). The summed E-state index contributed by atoms with van der Waals surface area (Å²) in [6, 6.07) is 10.8. The summed E-state index contributed by atoms with van der Waals surface area (Å²) in [6.07, 6.45) is 3.02. The van der Waals surface area contributed by atoms with E-state index in [0.29, 0.717) is 30.4 Å². The second-order valence-corrected chi connectivity index (χ2v) is 9.29. The first-order valence-electron chi connectivity index (χ1n) is 10.9. The van der Waals surface area contributed by atoms with Gasteiger partial charge in [0.05, 0.1) is 6.10 Å². The number of amides is 1. The number of carbonyl (C=O) groups excluding carboxylic acids is 1. The third-order valence-electron chi connectivity index (χ3n) is 6.98. The molecule has 1 amide bonds. The fourth-order valence-electron chi connectivity index (χ4n) is 5.32. The number of carbonyl (C=O) groups is 1. The fraction of sp³-hybridized carbons (Fsp3) is 0.652. The topological polar surface area (TPSA) is 66.0 Å². The Labute approximate surface area is 197 Å². The molecule has 2 saturated heterocycles. The molecule has 4 unspecified atom stereocenters. The van der Waals surface area contributed by atoms with Crippen LogP contribution in [-0.2, 0) is 16.0 Å². The van der Waals surface area contributed by atoms with Crippen molar-refractivity contribution in [2.45, 2.75) is 45.3 Å². The number of rotatable bonds is 6. The molecule has 2 N–H and O–H groups in total. The van der Waals surface area contributed by atoms with Gasteiger partial charge in [0.25, 0.3) is 0 Å². The summed E-state index contributed by atoms with van der Waals surface area (Å²) in [5, 5.41) is 7.08. The van der Waals surface area contributed by atoms with Crippen LogP contribution >= 0.6 is 24.0 Å². The minimum absolute atomic E-state index is 0. The van der Waals surface area contributed by atoms with E-state index in [1.165, 1.54) is 5.56 Å². The molecule has 4 atom stereocenters. The van der Waals surface area contributed by atoms with Crippen molar-refractivity contribution in [3.63, 3.8) is 0 Å². The summed E-state index contributed by atoms with van der Waals surface area (Å²) in [5.41, 5.74) is 1.40. The minimum Gasteiger partial charge on any atom is -0.377 e. The SMILES string of the molecule is CN=C(NCC1CC(=O)N(CCc2ccccc2)C1)NC1C2CCOC2C1(C)C.I. The van der Waals surface area contributed by atoms with Crippen LogP contribution in [-0.4, -0.2) is 62.2 Å². The van der Waals surface area contributed by atoms with Gasteiger partial charge in [-0.2, -0.15) is 0 Å². The molecule has 1 aliphatic carbocycles. The average molecular weight is 526 g/mol. The van der Waals surface area contributed by atoms with Crippen LogP contribution in [0.5, 0.6) is 0 Å². The smallest absolute Gasteiger partial charge is 0.223 e. The first kappa shape index (κ1) is 23.3. The molecule has 0 aromatic heterocycles. The number of hydrogen-bond acceptors (Lipinski definition) is 3. The lowest BCUT2D eigenvalue weighted by Crippen LogP contribution is -2.68. The molecule has 30 heavy (non-hydrogen) atoms. The van der Waals surface area contributed by atoms with Gasteiger partial charge in [0.2, 0.25) is 5.91 Å². The molecule has 1 aromatic carbocycles. The first-order chi connectivity index (χ1) is 14.0. The van der Waals surface area contributed by atoms with Crippen molar-refractivity contribution in [1.82, 2.24) is 15.5 Å². The lowest BCUT2D eigenvalue weighted by atomic mass is 9.57. The van der Waals surface area contributed by atoms with Gasteiger partial charge < -0.3 is 20.3 Å². The number of fused-ring (bicyclic) bond motifs is 1. The van der Waals surface area contributed by atoms with E-state index in [0.717, 1.165) is 45.0 Å². The number of hydrogen-bond donors (Lipinski definition) is 2. The van der Waals surface area contributed by atoms with E-state index in [-0.39, 0.29) is 35.3 Å². The maximum atomic E-state index is 12.4. The molecule has 3 aliphatic rings. The van der Waals surface area contributed by atoms with Crippen LogP contribution in [0.3, 0.4) is 0 Å². The number of ether oxygens (including phenoxy) is 1. The molecular formula is C23H35IN4O2. The number of aliphatic imine (C=N–C) groups is 1. The molecule has 1 aromatic rings. The van der Waals surface area contributed by atoms with Crippen molar-refractivity contribution in [3.8, 4) is 0 Å². The number of nitrogens with zero attached hydrogens (tertiary/aromatic N) is 2. The highest BCUT2D eigenvalue weighted by molar-refractivity contribution is 14.0. The van der Waals surface area contributed by atoms with E-state index in [4.69, 9.17) is 4.74 Å². The fourth-order valence-corrected chi connectivity index (χ4v) is 5.32. The summed E-state index contributed by atoms with van der Waals surface area (Å²) >= 11 is 0. The van der Waals surface area contributed by atoms with Crippen molar-refractivity contribution < 1.29 is 9.53 Å². The van der Waals surface area contributed by atoms with Gasteiger partial charge in [-0.05, 0) is 18.4 Å². The maximum Gasteiger partial charge on any atom is 0.223 e. The highest BCUT2D eigenvalue weighted by atomic mass is 127. The van der Waals surface area contributed by atoms with Gasteiger partial charge in [-0.1, -0.05) is 44.2 Å². The van der Waals surface area contributed by atoms with Crippen LogP contribution in [0.15, 0.2) is 35.3 Å². The zero-order valence-electron chi connectivity index (χ0n) is 18.3. The van der Waals surface area contributed by atoms with Crippen molar-refractivity contribution in [3.05, 3.63) is 35.9 Å². The van der Waals surface area contributed by atoms with Crippen LogP contribution < -0.4 is 10.6 Å². The van der Waals surface area contributed by atoms with Crippen molar-refractivity contribution in [1.29, 1.82) is 0 Å². The van der Waals surface area contributed by atoms with Gasteiger partial charge >= 0.3 is 0 Å². The van der Waals surface area contributed by atoms with Crippen LogP contribution in [0.1, 0.15) is 32.3 Å². The Morgan fingerprint density at radius 3 is 2.80 bits per heavy atom. The van der Waals surface area contributed by atoms with Crippen molar-refractivity contribution in [2.24, 2.45) is 22.2 Å². The second kappa shape index (κ2) is 9.85. The first-order valence-corrected chi connectivity index (χ1v) is 10.9. The molecule has 2 heterocycles. The third kappa shape index (κ3) is 4.77. The largest absolute Gasteiger partial charge is 0.377 e. The molecule has 0 spiro atoms. The molecule has 0 radical (unpaired) electrons. The molecule has 7 heteroatoms. The Bertz CT molecular complexity index is 755. The van der Waals surface area contributed by atoms with Gasteiger partial charge in [-0.3, -0.25) is 9.79 Å². The Morgan fingerprint density at radius 1 is 1.30 bits per heavy atom. The normalized spacial score (nSPS) is 29.8. The number of nitrogens with one attached hydrogen (secondary N) is 2. The van der Waals surface area contributed by atoms with E-state index in [9.17, 15) is 4.79 Å². The lowest BCUT2D eigenvalue weighted by Gasteiger charge is -2.54. The second-order valence-electron chi connectivity index (χ2n) is 9.29. The van der Waals surface area contributed by atoms with E-state index in [1.807, 2.05) is 18.0 Å². The van der Waals surface area contributed by atoms with E-state index < -0.39 is 0 Å². The van der Waals surface area contributed by atoms with Gasteiger partial charge in [-0.15, -0.1) is 24.0 Å². The van der Waals surface area contributed by atoms with E-state index >= 15 is 0 Å². The predicted octanol–water partition coefficient (Wildman–Crippen LogP) is 2.67. The van der Waals surface area contributed by atoms with Crippen LogP contribution in [0, 0.1) is 17.3 Å². The maximum absolute atomic E-state index is 12.4. The van der Waals surface area contributed by atoms with Crippen molar-refractivity contribution >= 4 is 35.8 Å². The molecular weight excluding hydrogens is 491 g/mol. The van der Waals surface area contributed by atoms with Crippen LogP contribution in [0.4, 0.5) is 0 Å². The Balaban J connectivity index is 0.00000256. The molecule has 166 valence electrons. The quantitative estimate of drug-likeness (QED) is 0.340. The van der Waals surface area contributed by atoms with Gasteiger partial charge in [0.1, 0.15) is 0 Å². The van der Waals surface area contributed by atoms with Crippen LogP contribution in [0.2, 0.25) is 0 Å². The lowest BCUT2D eigenvalue weighted by molar-refractivity contribution is -0.127.